The van der Waals surface area contributed by atoms with Gasteiger partial charge in [0.05, 0.1) is 42.0 Å². The van der Waals surface area contributed by atoms with E-state index in [9.17, 15) is 19.5 Å². The molecule has 2 heterocycles. The maximum absolute atomic E-state index is 13.2. The van der Waals surface area contributed by atoms with Crippen molar-refractivity contribution in [2.24, 2.45) is 23.7 Å². The summed E-state index contributed by atoms with van der Waals surface area (Å²) in [6.45, 7) is 2.29. The molecule has 2 saturated carbocycles. The van der Waals surface area contributed by atoms with Crippen LogP contribution >= 0.6 is 31.9 Å². The van der Waals surface area contributed by atoms with Crippen molar-refractivity contribution in [3.63, 3.8) is 0 Å². The fraction of sp³-hybridized carbons (Fsp3) is 0.550. The van der Waals surface area contributed by atoms with Gasteiger partial charge >= 0.3 is 5.97 Å². The molecule has 7 nitrogen and oxygen atoms in total. The molecule has 1 N–H and O–H groups in total. The van der Waals surface area contributed by atoms with Gasteiger partial charge in [0, 0.05) is 22.7 Å². The van der Waals surface area contributed by atoms with E-state index < -0.39 is 5.97 Å². The Kier molecular flexibility index (Phi) is 4.75. The third-order valence-corrected chi connectivity index (χ3v) is 10.0. The fourth-order valence-corrected chi connectivity index (χ4v) is 7.39. The number of carbonyl (C=O) groups excluding carboxylic acids is 2. The highest BCUT2D eigenvalue weighted by Gasteiger charge is 2.66. The van der Waals surface area contributed by atoms with Crippen LogP contribution in [0.3, 0.4) is 0 Å². The summed E-state index contributed by atoms with van der Waals surface area (Å²) in [4.78, 5) is 41.9. The van der Waals surface area contributed by atoms with Crippen molar-refractivity contribution in [2.75, 3.05) is 36.1 Å². The smallest absolute Gasteiger partial charge is 0.337 e. The Morgan fingerprint density at radius 3 is 2.17 bits per heavy atom. The molecule has 2 amide bonds. The molecule has 29 heavy (non-hydrogen) atoms. The zero-order chi connectivity index (χ0) is 20.4. The highest BCUT2D eigenvalue weighted by atomic mass is 79.9. The van der Waals surface area contributed by atoms with Gasteiger partial charge in [-0.1, -0.05) is 31.9 Å². The number of hydrogen-bond acceptors (Lipinski definition) is 5. The van der Waals surface area contributed by atoms with Crippen LogP contribution in [0.15, 0.2) is 18.2 Å². The molecule has 1 aromatic carbocycles. The number of ether oxygens (including phenoxy) is 1. The molecule has 9 heteroatoms. The minimum Gasteiger partial charge on any atom is -0.478 e. The van der Waals surface area contributed by atoms with E-state index in [1.807, 2.05) is 4.90 Å². The first kappa shape index (κ1) is 19.5. The van der Waals surface area contributed by atoms with Gasteiger partial charge in [-0.2, -0.15) is 0 Å². The lowest BCUT2D eigenvalue weighted by Gasteiger charge is -2.30. The van der Waals surface area contributed by atoms with Crippen molar-refractivity contribution in [3.05, 3.63) is 23.8 Å². The minimum atomic E-state index is -1.08. The quantitative estimate of drug-likeness (QED) is 0.480. The van der Waals surface area contributed by atoms with Crippen LogP contribution in [0, 0.1) is 23.7 Å². The van der Waals surface area contributed by atoms with E-state index >= 15 is 0 Å². The van der Waals surface area contributed by atoms with Gasteiger partial charge < -0.3 is 14.7 Å². The number of aromatic carboxylic acids is 1. The molecule has 2 bridgehead atoms. The number of carboxylic acid groups (broad SMARTS) is 1. The van der Waals surface area contributed by atoms with Gasteiger partial charge in [-0.15, -0.1) is 0 Å². The largest absolute Gasteiger partial charge is 0.478 e. The number of morpholine rings is 1. The van der Waals surface area contributed by atoms with E-state index in [2.05, 4.69) is 31.9 Å². The molecule has 0 spiro atoms. The lowest BCUT2D eigenvalue weighted by Crippen LogP contribution is -2.37. The number of benzene rings is 1. The second-order valence-corrected chi connectivity index (χ2v) is 10.2. The van der Waals surface area contributed by atoms with Crippen molar-refractivity contribution < 1.29 is 24.2 Å². The molecule has 1 aromatic rings. The van der Waals surface area contributed by atoms with Crippen molar-refractivity contribution in [1.82, 2.24) is 0 Å². The van der Waals surface area contributed by atoms with Crippen molar-refractivity contribution >= 4 is 61.0 Å². The first-order valence-corrected chi connectivity index (χ1v) is 11.6. The number of fused-ring (bicyclic) bond motifs is 5. The number of rotatable bonds is 3. The molecule has 0 radical (unpaired) electrons. The Hall–Kier alpha value is -1.45. The van der Waals surface area contributed by atoms with Crippen LogP contribution < -0.4 is 9.80 Å². The van der Waals surface area contributed by atoms with E-state index in [4.69, 9.17) is 4.74 Å². The third-order valence-electron chi connectivity index (χ3n) is 6.81. The van der Waals surface area contributed by atoms with Gasteiger partial charge in [-0.05, 0) is 36.5 Å². The predicted octanol–water partition coefficient (Wildman–Crippen LogP) is 2.50. The maximum atomic E-state index is 13.2. The Balaban J connectivity index is 1.50. The van der Waals surface area contributed by atoms with Gasteiger partial charge in [0.15, 0.2) is 0 Å². The molecule has 4 fully saturated rings. The van der Waals surface area contributed by atoms with Crippen molar-refractivity contribution in [3.8, 4) is 0 Å². The average molecular weight is 528 g/mol. The summed E-state index contributed by atoms with van der Waals surface area (Å²) in [5.74, 6) is -1.87. The Morgan fingerprint density at radius 1 is 1.03 bits per heavy atom. The molecule has 154 valence electrons. The Labute approximate surface area is 184 Å². The van der Waals surface area contributed by atoms with Gasteiger partial charge in [-0.3, -0.25) is 14.5 Å². The summed E-state index contributed by atoms with van der Waals surface area (Å²) >= 11 is 7.37. The number of alkyl halides is 2. The molecule has 2 saturated heterocycles. The van der Waals surface area contributed by atoms with Gasteiger partial charge in [0.2, 0.25) is 11.8 Å². The van der Waals surface area contributed by atoms with Crippen molar-refractivity contribution in [1.29, 1.82) is 0 Å². The summed E-state index contributed by atoms with van der Waals surface area (Å²) in [5, 5.41) is 9.76. The molecule has 6 atom stereocenters. The van der Waals surface area contributed by atoms with E-state index in [-0.39, 0.29) is 50.7 Å². The molecular weight excluding hydrogens is 508 g/mol. The summed E-state index contributed by atoms with van der Waals surface area (Å²) in [5.41, 5.74) is 1.03. The number of nitrogens with zero attached hydrogens (tertiary/aromatic N) is 2. The summed E-state index contributed by atoms with van der Waals surface area (Å²) in [6.07, 6.45) is 0.864. The van der Waals surface area contributed by atoms with Crippen LogP contribution in [-0.4, -0.2) is 58.8 Å². The summed E-state index contributed by atoms with van der Waals surface area (Å²) < 4.78 is 5.35. The number of imide groups is 1. The van der Waals surface area contributed by atoms with E-state index in [0.29, 0.717) is 37.7 Å². The zero-order valence-electron chi connectivity index (χ0n) is 15.5. The van der Waals surface area contributed by atoms with Crippen LogP contribution in [0.25, 0.3) is 0 Å². The predicted molar refractivity (Wildman–Crippen MR) is 113 cm³/mol. The lowest BCUT2D eigenvalue weighted by molar-refractivity contribution is -0.123. The average Bonchev–Trinajstić information content (AvgIpc) is 3.33. The molecule has 2 aliphatic carbocycles. The number of carbonyl (C=O) groups is 3. The lowest BCUT2D eigenvalue weighted by atomic mass is 9.81. The van der Waals surface area contributed by atoms with E-state index in [1.165, 1.54) is 11.0 Å². The van der Waals surface area contributed by atoms with Gasteiger partial charge in [-0.25, -0.2) is 4.79 Å². The van der Waals surface area contributed by atoms with Crippen molar-refractivity contribution in [2.45, 2.75) is 16.1 Å². The van der Waals surface area contributed by atoms with Crippen LogP contribution in [-0.2, 0) is 14.3 Å². The second-order valence-electron chi connectivity index (χ2n) is 8.12. The number of halogens is 2. The highest BCUT2D eigenvalue weighted by Crippen LogP contribution is 2.60. The molecule has 2 aliphatic heterocycles. The molecule has 5 rings (SSSR count). The monoisotopic (exact) mass is 526 g/mol. The van der Waals surface area contributed by atoms with Crippen LogP contribution in [0.5, 0.6) is 0 Å². The topological polar surface area (TPSA) is 87.2 Å². The fourth-order valence-electron chi connectivity index (χ4n) is 5.52. The van der Waals surface area contributed by atoms with Crippen LogP contribution in [0.1, 0.15) is 16.8 Å². The molecular formula is C20H20Br2N2O5. The van der Waals surface area contributed by atoms with E-state index in [0.717, 1.165) is 6.42 Å². The first-order chi connectivity index (χ1) is 13.9. The minimum absolute atomic E-state index is 0.0989. The standard InChI is InChI=1S/C20H20Br2N2O5/c21-16-11-8-12(17(16)22)15-14(11)18(25)24(19(15)26)9-1-2-13(10(7-9)20(27)28)23-3-5-29-6-4-23/h1-2,7,11-12,14-17H,3-6,8H2,(H,27,28)/t11-,12-,14-,15-,16+,17+/m1/s1. The molecule has 0 unspecified atom stereocenters. The normalized spacial score (nSPS) is 36.1. The highest BCUT2D eigenvalue weighted by molar-refractivity contribution is 9.12. The van der Waals surface area contributed by atoms with Gasteiger partial charge in [0.1, 0.15) is 0 Å². The summed E-state index contributed by atoms with van der Waals surface area (Å²) in [6, 6.07) is 4.85. The first-order valence-electron chi connectivity index (χ1n) is 9.76. The SMILES string of the molecule is O=C(O)c1cc(N2C(=O)[C@@H]3[C@H]4C[C@@H]([C@H](Br)[C@H]4Br)[C@H]3C2=O)ccc1N1CCOCC1. The Morgan fingerprint density at radius 2 is 1.62 bits per heavy atom. The number of hydrogen-bond donors (Lipinski definition) is 1. The van der Waals surface area contributed by atoms with Crippen LogP contribution in [0.2, 0.25) is 0 Å². The van der Waals surface area contributed by atoms with Gasteiger partial charge in [0.25, 0.3) is 0 Å². The Bertz CT molecular complexity index is 871. The zero-order valence-corrected chi connectivity index (χ0v) is 18.6. The maximum Gasteiger partial charge on any atom is 0.337 e. The van der Waals surface area contributed by atoms with Crippen LogP contribution in [0.4, 0.5) is 11.4 Å². The summed E-state index contributed by atoms with van der Waals surface area (Å²) in [7, 11) is 0. The molecule has 0 aromatic heterocycles. The number of anilines is 2. The van der Waals surface area contributed by atoms with E-state index in [1.54, 1.807) is 12.1 Å². The third kappa shape index (κ3) is 2.80. The molecule has 4 aliphatic rings. The number of amides is 2. The number of carboxylic acids is 1. The second kappa shape index (κ2) is 7.06.